The Morgan fingerprint density at radius 2 is 2.11 bits per heavy atom. The maximum absolute atomic E-state index is 13.1. The van der Waals surface area contributed by atoms with Crippen LogP contribution >= 0.6 is 11.6 Å². The van der Waals surface area contributed by atoms with E-state index in [1.165, 1.54) is 6.42 Å². The number of hydrogen-bond donors (Lipinski definition) is 1. The number of carbonyl (C=O) groups is 1. The average Bonchev–Trinajstić information content (AvgIpc) is 2.92. The Hall–Kier alpha value is -3.17. The summed E-state index contributed by atoms with van der Waals surface area (Å²) in [5.41, 5.74) is 1.18. The molecule has 1 atom stereocenters. The summed E-state index contributed by atoms with van der Waals surface area (Å²) in [5.74, 6) is 1.87. The molecule has 0 unspecified atom stereocenters. The molecule has 0 bridgehead atoms. The van der Waals surface area contributed by atoms with Gasteiger partial charge in [0.25, 0.3) is 5.56 Å². The Morgan fingerprint density at radius 3 is 2.86 bits per heavy atom. The molecule has 3 heterocycles. The van der Waals surface area contributed by atoms with Gasteiger partial charge in [-0.3, -0.25) is 9.59 Å². The second kappa shape index (κ2) is 12.4. The number of piperidine rings is 1. The van der Waals surface area contributed by atoms with E-state index in [-0.39, 0.29) is 23.7 Å². The Balaban J connectivity index is 1.65. The lowest BCUT2D eigenvalue weighted by atomic mass is 9.96. The molecule has 3 aromatic rings. The predicted octanol–water partition coefficient (Wildman–Crippen LogP) is 4.82. The zero-order chi connectivity index (χ0) is 26.4. The normalized spacial score (nSPS) is 15.7. The van der Waals surface area contributed by atoms with Crippen LogP contribution in [0.15, 0.2) is 35.3 Å². The summed E-state index contributed by atoms with van der Waals surface area (Å²) in [7, 11) is 1.58. The molecule has 0 radical (unpaired) electrons. The molecule has 1 fully saturated rings. The second-order valence-corrected chi connectivity index (χ2v) is 9.67. The van der Waals surface area contributed by atoms with Gasteiger partial charge in [0.2, 0.25) is 5.95 Å². The predicted molar refractivity (Wildman–Crippen MR) is 146 cm³/mol. The molecular formula is C27H34ClN5O4. The number of nitrogens with one attached hydrogen (secondary N) is 1. The molecule has 0 aliphatic carbocycles. The van der Waals surface area contributed by atoms with Gasteiger partial charge < -0.3 is 24.3 Å². The van der Waals surface area contributed by atoms with E-state index < -0.39 is 0 Å². The molecule has 0 spiro atoms. The number of ketones is 1. The number of ether oxygens (including phenoxy) is 2. The van der Waals surface area contributed by atoms with Crippen molar-refractivity contribution in [3.63, 3.8) is 0 Å². The highest BCUT2D eigenvalue weighted by atomic mass is 35.5. The van der Waals surface area contributed by atoms with Crippen LogP contribution in [0, 0.1) is 5.92 Å². The molecule has 0 amide bonds. The first kappa shape index (κ1) is 26.9. The van der Waals surface area contributed by atoms with Crippen LogP contribution in [0.1, 0.15) is 39.5 Å². The Morgan fingerprint density at radius 1 is 1.27 bits per heavy atom. The highest BCUT2D eigenvalue weighted by Gasteiger charge is 2.21. The standard InChI is InChI=1S/C27H34ClN5O4/c1-4-18-7-6-10-32(16-18)27-29-15-22(28)25(31-27)30-20-8-9-23-19(13-20)14-24(37-17-21(34)5-2)26(35)33(23)11-12-36-3/h8-9,13-15,18H,4-7,10-12,16-17H2,1-3H3,(H,29,30,31)/t18-/m0/s1. The molecular weight excluding hydrogens is 494 g/mol. The summed E-state index contributed by atoms with van der Waals surface area (Å²) in [6.45, 7) is 6.42. The third-order valence-corrected chi connectivity index (χ3v) is 7.01. The quantitative estimate of drug-likeness (QED) is 0.379. The Kier molecular flexibility index (Phi) is 9.00. The van der Waals surface area contributed by atoms with Gasteiger partial charge in [-0.25, -0.2) is 4.98 Å². The number of aromatic nitrogens is 3. The fourth-order valence-corrected chi connectivity index (χ4v) is 4.66. The number of nitrogens with zero attached hydrogens (tertiary/aromatic N) is 4. The molecule has 198 valence electrons. The van der Waals surface area contributed by atoms with Crippen molar-refractivity contribution in [2.24, 2.45) is 5.92 Å². The van der Waals surface area contributed by atoms with Crippen LogP contribution in [0.2, 0.25) is 5.02 Å². The van der Waals surface area contributed by atoms with Gasteiger partial charge in [-0.1, -0.05) is 31.9 Å². The van der Waals surface area contributed by atoms with Crippen molar-refractivity contribution in [2.45, 2.75) is 46.1 Å². The molecule has 0 saturated carbocycles. The van der Waals surface area contributed by atoms with E-state index in [0.717, 1.165) is 42.5 Å². The monoisotopic (exact) mass is 527 g/mol. The molecule has 2 aromatic heterocycles. The summed E-state index contributed by atoms with van der Waals surface area (Å²) in [4.78, 5) is 36.3. The first-order chi connectivity index (χ1) is 17.9. The van der Waals surface area contributed by atoms with Crippen molar-refractivity contribution in [1.82, 2.24) is 14.5 Å². The lowest BCUT2D eigenvalue weighted by Crippen LogP contribution is -2.36. The van der Waals surface area contributed by atoms with Gasteiger partial charge in [0.1, 0.15) is 11.6 Å². The van der Waals surface area contributed by atoms with Crippen molar-refractivity contribution >= 4 is 45.7 Å². The number of carbonyl (C=O) groups excluding carboxylic acids is 1. The topological polar surface area (TPSA) is 98.6 Å². The number of hydrogen-bond acceptors (Lipinski definition) is 8. The van der Waals surface area contributed by atoms with Crippen LogP contribution in [-0.4, -0.2) is 53.7 Å². The maximum Gasteiger partial charge on any atom is 0.293 e. The number of pyridine rings is 1. The number of halogens is 1. The largest absolute Gasteiger partial charge is 0.480 e. The summed E-state index contributed by atoms with van der Waals surface area (Å²) in [5, 5.41) is 4.50. The highest BCUT2D eigenvalue weighted by Crippen LogP contribution is 2.29. The minimum Gasteiger partial charge on any atom is -0.480 e. The number of rotatable bonds is 11. The van der Waals surface area contributed by atoms with E-state index >= 15 is 0 Å². The van der Waals surface area contributed by atoms with Crippen LogP contribution in [0.4, 0.5) is 17.5 Å². The first-order valence-corrected chi connectivity index (χ1v) is 13.2. The summed E-state index contributed by atoms with van der Waals surface area (Å²) >= 11 is 6.46. The second-order valence-electron chi connectivity index (χ2n) is 9.27. The zero-order valence-electron chi connectivity index (χ0n) is 21.6. The van der Waals surface area contributed by atoms with Crippen LogP contribution in [0.25, 0.3) is 10.9 Å². The van der Waals surface area contributed by atoms with Crippen molar-refractivity contribution < 1.29 is 14.3 Å². The molecule has 1 aromatic carbocycles. The van der Waals surface area contributed by atoms with E-state index in [0.29, 0.717) is 42.3 Å². The van der Waals surface area contributed by atoms with E-state index in [1.807, 2.05) is 18.2 Å². The molecule has 1 aliphatic rings. The Labute approximate surface area is 221 Å². The molecule has 37 heavy (non-hydrogen) atoms. The lowest BCUT2D eigenvalue weighted by Gasteiger charge is -2.32. The molecule has 1 N–H and O–H groups in total. The zero-order valence-corrected chi connectivity index (χ0v) is 22.4. The van der Waals surface area contributed by atoms with Gasteiger partial charge >= 0.3 is 0 Å². The van der Waals surface area contributed by atoms with Gasteiger partial charge in [-0.2, -0.15) is 4.98 Å². The van der Waals surface area contributed by atoms with Crippen molar-refractivity contribution in [3.05, 3.63) is 45.8 Å². The minimum absolute atomic E-state index is 0.0773. The number of fused-ring (bicyclic) bond motifs is 1. The van der Waals surface area contributed by atoms with Gasteiger partial charge in [0, 0.05) is 44.2 Å². The van der Waals surface area contributed by atoms with Gasteiger partial charge in [0.05, 0.1) is 18.3 Å². The van der Waals surface area contributed by atoms with E-state index in [4.69, 9.17) is 26.1 Å². The van der Waals surface area contributed by atoms with Gasteiger partial charge in [0.15, 0.2) is 17.4 Å². The fraction of sp³-hybridized carbons (Fsp3) is 0.481. The molecule has 4 rings (SSSR count). The van der Waals surface area contributed by atoms with E-state index in [2.05, 4.69) is 22.1 Å². The molecule has 1 aliphatic heterocycles. The maximum atomic E-state index is 13.1. The van der Waals surface area contributed by atoms with Crippen molar-refractivity contribution in [1.29, 1.82) is 0 Å². The van der Waals surface area contributed by atoms with Crippen LogP contribution in [0.3, 0.4) is 0 Å². The SMILES string of the molecule is CCC(=O)COc1cc2cc(Nc3nc(N4CCC[C@H](CC)C4)ncc3Cl)ccc2n(CCOC)c1=O. The van der Waals surface area contributed by atoms with Crippen molar-refractivity contribution in [3.8, 4) is 5.75 Å². The van der Waals surface area contributed by atoms with Crippen LogP contribution in [-0.2, 0) is 16.1 Å². The third kappa shape index (κ3) is 6.40. The fourth-order valence-electron chi connectivity index (χ4n) is 4.52. The molecule has 1 saturated heterocycles. The highest BCUT2D eigenvalue weighted by molar-refractivity contribution is 6.32. The summed E-state index contributed by atoms with van der Waals surface area (Å²) < 4.78 is 12.4. The number of benzene rings is 1. The average molecular weight is 528 g/mol. The number of methoxy groups -OCH3 is 1. The number of anilines is 3. The van der Waals surface area contributed by atoms with Gasteiger partial charge in [-0.05, 0) is 43.0 Å². The summed E-state index contributed by atoms with van der Waals surface area (Å²) in [6, 6.07) is 7.31. The third-order valence-electron chi connectivity index (χ3n) is 6.74. The summed E-state index contributed by atoms with van der Waals surface area (Å²) in [6.07, 6.45) is 5.47. The van der Waals surface area contributed by atoms with E-state index in [1.54, 1.807) is 30.9 Å². The van der Waals surface area contributed by atoms with E-state index in [9.17, 15) is 9.59 Å². The minimum atomic E-state index is -0.301. The molecule has 10 heteroatoms. The van der Waals surface area contributed by atoms with Crippen LogP contribution < -0.4 is 20.5 Å². The van der Waals surface area contributed by atoms with Gasteiger partial charge in [-0.15, -0.1) is 0 Å². The number of Topliss-reactive ketones (excluding diaryl/α,β-unsaturated/α-hetero) is 1. The molecule has 9 nitrogen and oxygen atoms in total. The Bertz CT molecular complexity index is 1310. The lowest BCUT2D eigenvalue weighted by molar-refractivity contribution is -0.120. The van der Waals surface area contributed by atoms with Crippen molar-refractivity contribution in [2.75, 3.05) is 43.6 Å². The smallest absolute Gasteiger partial charge is 0.293 e. The first-order valence-electron chi connectivity index (χ1n) is 12.8. The van der Waals surface area contributed by atoms with Crippen LogP contribution in [0.5, 0.6) is 5.75 Å².